The summed E-state index contributed by atoms with van der Waals surface area (Å²) in [6, 6.07) is 0. The van der Waals surface area contributed by atoms with Crippen molar-refractivity contribution in [2.24, 2.45) is 17.8 Å². The lowest BCUT2D eigenvalue weighted by molar-refractivity contribution is 0.0288. The summed E-state index contributed by atoms with van der Waals surface area (Å²) >= 11 is 0. The van der Waals surface area contributed by atoms with E-state index >= 15 is 0 Å². The third kappa shape index (κ3) is 2.45. The highest BCUT2D eigenvalue weighted by molar-refractivity contribution is 4.88. The van der Waals surface area contributed by atoms with E-state index in [1.165, 1.54) is 0 Å². The maximum Gasteiger partial charge on any atom is 0.113 e. The molecule has 0 radical (unpaired) electrons. The first-order chi connectivity index (χ1) is 5.96. The Morgan fingerprint density at radius 1 is 1.08 bits per heavy atom. The van der Waals surface area contributed by atoms with Crippen molar-refractivity contribution in [3.05, 3.63) is 0 Å². The van der Waals surface area contributed by atoms with Crippen LogP contribution in [-0.2, 0) is 0 Å². The van der Waals surface area contributed by atoms with Crippen LogP contribution < -0.4 is 0 Å². The minimum atomic E-state index is -0.856. The van der Waals surface area contributed by atoms with Crippen LogP contribution in [0.2, 0.25) is 0 Å². The second kappa shape index (κ2) is 3.98. The van der Waals surface area contributed by atoms with Gasteiger partial charge < -0.3 is 0 Å². The van der Waals surface area contributed by atoms with Gasteiger partial charge in [-0.25, -0.2) is 4.39 Å². The second-order valence-electron chi connectivity index (χ2n) is 5.27. The van der Waals surface area contributed by atoms with Gasteiger partial charge in [0.1, 0.15) is 5.67 Å². The highest BCUT2D eigenvalue weighted by atomic mass is 19.1. The van der Waals surface area contributed by atoms with Gasteiger partial charge in [-0.2, -0.15) is 0 Å². The van der Waals surface area contributed by atoms with Crippen molar-refractivity contribution >= 4 is 0 Å². The largest absolute Gasteiger partial charge is 0.244 e. The summed E-state index contributed by atoms with van der Waals surface area (Å²) in [7, 11) is 0. The molecule has 1 heteroatoms. The molecular weight excluding hydrogens is 163 g/mol. The molecule has 0 amide bonds. The highest BCUT2D eigenvalue weighted by Crippen LogP contribution is 2.42. The molecule has 0 aromatic carbocycles. The van der Waals surface area contributed by atoms with Gasteiger partial charge in [0, 0.05) is 0 Å². The quantitative estimate of drug-likeness (QED) is 0.606. The van der Waals surface area contributed by atoms with Gasteiger partial charge in [0.2, 0.25) is 0 Å². The molecule has 0 spiro atoms. The summed E-state index contributed by atoms with van der Waals surface area (Å²) in [5.74, 6) is 1.69. The summed E-state index contributed by atoms with van der Waals surface area (Å²) < 4.78 is 14.1. The maximum atomic E-state index is 14.1. The molecule has 0 heterocycles. The van der Waals surface area contributed by atoms with Crippen LogP contribution in [0.25, 0.3) is 0 Å². The lowest BCUT2D eigenvalue weighted by atomic mass is 9.71. The van der Waals surface area contributed by atoms with Crippen LogP contribution in [0.1, 0.15) is 53.4 Å². The predicted molar refractivity (Wildman–Crippen MR) is 55.5 cm³/mol. The Balaban J connectivity index is 2.47. The molecule has 1 saturated carbocycles. The number of hydrogen-bond acceptors (Lipinski definition) is 0. The van der Waals surface area contributed by atoms with Crippen LogP contribution in [0.15, 0.2) is 0 Å². The molecule has 0 aromatic rings. The van der Waals surface area contributed by atoms with Gasteiger partial charge in [-0.3, -0.25) is 0 Å². The molecule has 0 aliphatic heterocycles. The van der Waals surface area contributed by atoms with E-state index in [0.717, 1.165) is 37.5 Å². The Morgan fingerprint density at radius 2 is 1.54 bits per heavy atom. The molecule has 1 fully saturated rings. The molecule has 0 atom stereocenters. The van der Waals surface area contributed by atoms with Gasteiger partial charge in [-0.05, 0) is 43.4 Å². The molecule has 0 nitrogen and oxygen atoms in total. The molecule has 1 rings (SSSR count). The van der Waals surface area contributed by atoms with Crippen molar-refractivity contribution in [3.63, 3.8) is 0 Å². The fourth-order valence-corrected chi connectivity index (χ4v) is 2.36. The first kappa shape index (κ1) is 11.0. The zero-order valence-corrected chi connectivity index (χ0v) is 9.44. The molecule has 0 unspecified atom stereocenters. The van der Waals surface area contributed by atoms with Crippen LogP contribution in [-0.4, -0.2) is 5.67 Å². The minimum absolute atomic E-state index is 0.195. The van der Waals surface area contributed by atoms with E-state index in [1.807, 2.05) is 13.8 Å². The van der Waals surface area contributed by atoms with Gasteiger partial charge in [0.25, 0.3) is 0 Å². The minimum Gasteiger partial charge on any atom is -0.244 e. The predicted octanol–water partition coefficient (Wildman–Crippen LogP) is 4.20. The summed E-state index contributed by atoms with van der Waals surface area (Å²) in [6.45, 7) is 8.53. The van der Waals surface area contributed by atoms with E-state index < -0.39 is 5.67 Å². The average molecular weight is 186 g/mol. The first-order valence-electron chi connectivity index (χ1n) is 5.64. The van der Waals surface area contributed by atoms with Gasteiger partial charge in [-0.1, -0.05) is 27.7 Å². The summed E-state index contributed by atoms with van der Waals surface area (Å²) in [5.41, 5.74) is -0.856. The number of hydrogen-bond donors (Lipinski definition) is 0. The summed E-state index contributed by atoms with van der Waals surface area (Å²) in [6.07, 6.45) is 3.75. The number of alkyl halides is 1. The topological polar surface area (TPSA) is 0 Å². The SMILES string of the molecule is CC(C)C1CCC(F)(C(C)C)CC1. The molecule has 0 saturated heterocycles. The van der Waals surface area contributed by atoms with Crippen LogP contribution in [0, 0.1) is 17.8 Å². The first-order valence-corrected chi connectivity index (χ1v) is 5.64. The van der Waals surface area contributed by atoms with Gasteiger partial charge in [-0.15, -0.1) is 0 Å². The Hall–Kier alpha value is -0.0700. The monoisotopic (exact) mass is 186 g/mol. The Bertz CT molecular complexity index is 153. The fourth-order valence-electron chi connectivity index (χ4n) is 2.36. The third-order valence-electron chi connectivity index (χ3n) is 3.84. The fraction of sp³-hybridized carbons (Fsp3) is 1.00. The van der Waals surface area contributed by atoms with Crippen molar-refractivity contribution < 1.29 is 4.39 Å². The van der Waals surface area contributed by atoms with Gasteiger partial charge in [0.05, 0.1) is 0 Å². The lowest BCUT2D eigenvalue weighted by Crippen LogP contribution is -2.35. The molecule has 0 bridgehead atoms. The molecule has 0 N–H and O–H groups in total. The van der Waals surface area contributed by atoms with Crippen molar-refractivity contribution in [3.8, 4) is 0 Å². The third-order valence-corrected chi connectivity index (χ3v) is 3.84. The van der Waals surface area contributed by atoms with E-state index in [1.54, 1.807) is 0 Å². The van der Waals surface area contributed by atoms with E-state index in [4.69, 9.17) is 0 Å². The molecule has 1 aliphatic carbocycles. The highest BCUT2D eigenvalue weighted by Gasteiger charge is 2.38. The van der Waals surface area contributed by atoms with Crippen LogP contribution in [0.5, 0.6) is 0 Å². The second-order valence-corrected chi connectivity index (χ2v) is 5.27. The Labute approximate surface area is 81.9 Å². The molecular formula is C12H23F. The molecule has 78 valence electrons. The van der Waals surface area contributed by atoms with Gasteiger partial charge in [0.15, 0.2) is 0 Å². The smallest absolute Gasteiger partial charge is 0.113 e. The molecule has 1 aliphatic rings. The molecule has 13 heavy (non-hydrogen) atoms. The average Bonchev–Trinajstić information content (AvgIpc) is 2.04. The van der Waals surface area contributed by atoms with Crippen molar-refractivity contribution in [1.82, 2.24) is 0 Å². The Kier molecular flexibility index (Phi) is 3.37. The molecule has 0 aromatic heterocycles. The standard InChI is InChI=1S/C12H23F/c1-9(2)11-5-7-12(13,8-6-11)10(3)4/h9-11H,5-8H2,1-4H3. The van der Waals surface area contributed by atoms with Gasteiger partial charge >= 0.3 is 0 Å². The van der Waals surface area contributed by atoms with Crippen molar-refractivity contribution in [2.45, 2.75) is 59.0 Å². The van der Waals surface area contributed by atoms with E-state index in [2.05, 4.69) is 13.8 Å². The van der Waals surface area contributed by atoms with E-state index in [-0.39, 0.29) is 5.92 Å². The normalized spacial score (nSPS) is 35.8. The van der Waals surface area contributed by atoms with Crippen molar-refractivity contribution in [2.75, 3.05) is 0 Å². The van der Waals surface area contributed by atoms with E-state index in [0.29, 0.717) is 0 Å². The van der Waals surface area contributed by atoms with Crippen LogP contribution >= 0.6 is 0 Å². The maximum absolute atomic E-state index is 14.1. The van der Waals surface area contributed by atoms with Crippen LogP contribution in [0.3, 0.4) is 0 Å². The zero-order valence-electron chi connectivity index (χ0n) is 9.44. The summed E-state index contributed by atoms with van der Waals surface area (Å²) in [5, 5.41) is 0. The number of halogens is 1. The summed E-state index contributed by atoms with van der Waals surface area (Å²) in [4.78, 5) is 0. The van der Waals surface area contributed by atoms with Crippen molar-refractivity contribution in [1.29, 1.82) is 0 Å². The Morgan fingerprint density at radius 3 is 1.85 bits per heavy atom. The van der Waals surface area contributed by atoms with Crippen LogP contribution in [0.4, 0.5) is 4.39 Å². The lowest BCUT2D eigenvalue weighted by Gasteiger charge is -2.38. The number of rotatable bonds is 2. The van der Waals surface area contributed by atoms with E-state index in [9.17, 15) is 4.39 Å². The zero-order chi connectivity index (χ0) is 10.1.